The highest BCUT2D eigenvalue weighted by Crippen LogP contribution is 2.27. The molecule has 144 valence electrons. The number of sulfonamides is 1. The first kappa shape index (κ1) is 19.5. The van der Waals surface area contributed by atoms with Crippen LogP contribution < -0.4 is 5.32 Å². The van der Waals surface area contributed by atoms with Crippen molar-refractivity contribution >= 4 is 21.7 Å². The predicted octanol–water partition coefficient (Wildman–Crippen LogP) is 3.31. The van der Waals surface area contributed by atoms with Gasteiger partial charge in [0, 0.05) is 24.8 Å². The number of piperidine rings is 1. The highest BCUT2D eigenvalue weighted by Gasteiger charge is 2.32. The number of nitrogens with zero attached hydrogens (tertiary/aromatic N) is 2. The molecule has 0 bridgehead atoms. The third kappa shape index (κ3) is 4.36. The Morgan fingerprint density at radius 3 is 2.52 bits per heavy atom. The molecule has 7 heteroatoms. The second kappa shape index (κ2) is 7.78. The van der Waals surface area contributed by atoms with Crippen LogP contribution in [0.25, 0.3) is 0 Å². The minimum absolute atomic E-state index is 0.147. The minimum atomic E-state index is -3.63. The first-order valence-corrected chi connectivity index (χ1v) is 10.5. The monoisotopic (exact) mass is 387 g/mol. The van der Waals surface area contributed by atoms with Gasteiger partial charge in [0.25, 0.3) is 5.91 Å². The van der Waals surface area contributed by atoms with Gasteiger partial charge in [-0.05, 0) is 55.0 Å². The van der Waals surface area contributed by atoms with Crippen LogP contribution in [0.15, 0.2) is 47.5 Å². The van der Waals surface area contributed by atoms with E-state index in [2.05, 4.69) is 24.1 Å². The topological polar surface area (TPSA) is 79.4 Å². The lowest BCUT2D eigenvalue weighted by molar-refractivity contribution is 0.102. The summed E-state index contributed by atoms with van der Waals surface area (Å²) in [6.45, 7) is 7.00. The molecule has 27 heavy (non-hydrogen) atoms. The maximum atomic E-state index is 13.0. The summed E-state index contributed by atoms with van der Waals surface area (Å²) in [5.74, 6) is 0.730. The normalized spacial score (nSPS) is 21.0. The summed E-state index contributed by atoms with van der Waals surface area (Å²) < 4.78 is 27.6. The zero-order valence-electron chi connectivity index (χ0n) is 15.8. The van der Waals surface area contributed by atoms with E-state index in [1.54, 1.807) is 30.5 Å². The van der Waals surface area contributed by atoms with Gasteiger partial charge in [-0.2, -0.15) is 4.31 Å². The molecular formula is C20H25N3O3S. The maximum absolute atomic E-state index is 13.0. The van der Waals surface area contributed by atoms with E-state index in [4.69, 9.17) is 0 Å². The van der Waals surface area contributed by atoms with Crippen LogP contribution >= 0.6 is 0 Å². The van der Waals surface area contributed by atoms with Crippen molar-refractivity contribution in [1.82, 2.24) is 9.29 Å². The van der Waals surface area contributed by atoms with Crippen LogP contribution in [0.1, 0.15) is 36.2 Å². The molecule has 1 aromatic heterocycles. The molecule has 1 N–H and O–H groups in total. The number of anilines is 1. The van der Waals surface area contributed by atoms with Crippen LogP contribution in [-0.4, -0.2) is 36.7 Å². The molecule has 0 aliphatic carbocycles. The fraction of sp³-hybridized carbons (Fsp3) is 0.400. The Morgan fingerprint density at radius 2 is 1.85 bits per heavy atom. The number of pyridine rings is 1. The Kier molecular flexibility index (Phi) is 5.62. The molecule has 6 nitrogen and oxygen atoms in total. The van der Waals surface area contributed by atoms with Crippen molar-refractivity contribution in [3.8, 4) is 0 Å². The van der Waals surface area contributed by atoms with Gasteiger partial charge in [0.2, 0.25) is 10.0 Å². The molecule has 0 spiro atoms. The van der Waals surface area contributed by atoms with Gasteiger partial charge >= 0.3 is 0 Å². The number of nitrogens with one attached hydrogen (secondary N) is 1. The summed E-state index contributed by atoms with van der Waals surface area (Å²) >= 11 is 0. The number of amides is 1. The zero-order chi connectivity index (χ0) is 19.6. The first-order valence-electron chi connectivity index (χ1n) is 9.10. The van der Waals surface area contributed by atoms with E-state index >= 15 is 0 Å². The van der Waals surface area contributed by atoms with E-state index in [0.717, 1.165) is 12.0 Å². The number of hydrogen-bond acceptors (Lipinski definition) is 4. The molecule has 2 unspecified atom stereocenters. The molecule has 2 heterocycles. The minimum Gasteiger partial charge on any atom is -0.306 e. The third-order valence-corrected chi connectivity index (χ3v) is 6.64. The molecule has 1 aliphatic rings. The maximum Gasteiger partial charge on any atom is 0.256 e. The fourth-order valence-corrected chi connectivity index (χ4v) is 5.27. The Bertz CT molecular complexity index is 933. The number of carbonyl (C=O) groups is 1. The summed E-state index contributed by atoms with van der Waals surface area (Å²) in [4.78, 5) is 16.9. The van der Waals surface area contributed by atoms with Crippen molar-refractivity contribution in [3.63, 3.8) is 0 Å². The number of carbonyl (C=O) groups excluding carboxylic acids is 1. The summed E-state index contributed by atoms with van der Waals surface area (Å²) in [6, 6.07) is 9.83. The lowest BCUT2D eigenvalue weighted by atomic mass is 9.94. The molecule has 1 aromatic carbocycles. The van der Waals surface area contributed by atoms with Crippen LogP contribution in [0.5, 0.6) is 0 Å². The van der Waals surface area contributed by atoms with Gasteiger partial charge in [0.1, 0.15) is 5.82 Å². The number of aromatic nitrogens is 1. The number of rotatable bonds is 4. The standard InChI is InChI=1S/C20H25N3O3S/c1-14-10-15(2)13-23(12-14)27(25,26)18-8-4-7-17(11-18)20(24)22-19-16(3)6-5-9-21-19/h4-9,11,14-15H,10,12-13H2,1-3H3,(H,21,22,24). The molecule has 1 amide bonds. The highest BCUT2D eigenvalue weighted by molar-refractivity contribution is 7.89. The Balaban J connectivity index is 1.84. The highest BCUT2D eigenvalue weighted by atomic mass is 32.2. The summed E-state index contributed by atoms with van der Waals surface area (Å²) in [5, 5.41) is 2.74. The lowest BCUT2D eigenvalue weighted by Crippen LogP contribution is -2.42. The van der Waals surface area contributed by atoms with Crippen LogP contribution in [0, 0.1) is 18.8 Å². The SMILES string of the molecule is Cc1cccnc1NC(=O)c1cccc(S(=O)(=O)N2CC(C)CC(C)C2)c1. The molecule has 0 radical (unpaired) electrons. The number of aryl methyl sites for hydroxylation is 1. The second-order valence-electron chi connectivity index (χ2n) is 7.42. The Labute approximate surface area is 160 Å². The first-order chi connectivity index (χ1) is 12.8. The number of hydrogen-bond donors (Lipinski definition) is 1. The summed E-state index contributed by atoms with van der Waals surface area (Å²) in [5.41, 5.74) is 1.13. The van der Waals surface area contributed by atoms with Crippen LogP contribution in [0.3, 0.4) is 0 Å². The largest absolute Gasteiger partial charge is 0.306 e. The average molecular weight is 388 g/mol. The van der Waals surface area contributed by atoms with E-state index in [-0.39, 0.29) is 10.8 Å². The van der Waals surface area contributed by atoms with Crippen molar-refractivity contribution in [2.75, 3.05) is 18.4 Å². The van der Waals surface area contributed by atoms with Gasteiger partial charge in [0.15, 0.2) is 0 Å². The summed E-state index contributed by atoms with van der Waals surface area (Å²) in [6.07, 6.45) is 2.63. The van der Waals surface area contributed by atoms with Crippen molar-refractivity contribution in [3.05, 3.63) is 53.7 Å². The number of benzene rings is 1. The average Bonchev–Trinajstić information content (AvgIpc) is 2.63. The van der Waals surface area contributed by atoms with Gasteiger partial charge in [0.05, 0.1) is 4.90 Å². The van der Waals surface area contributed by atoms with E-state index in [9.17, 15) is 13.2 Å². The molecule has 1 saturated heterocycles. The van der Waals surface area contributed by atoms with Crippen molar-refractivity contribution < 1.29 is 13.2 Å². The fourth-order valence-electron chi connectivity index (χ4n) is 3.55. The van der Waals surface area contributed by atoms with Gasteiger partial charge < -0.3 is 5.32 Å². The Hall–Kier alpha value is -2.25. The van der Waals surface area contributed by atoms with Gasteiger partial charge in [-0.25, -0.2) is 13.4 Å². The van der Waals surface area contributed by atoms with Crippen molar-refractivity contribution in [2.45, 2.75) is 32.1 Å². The van der Waals surface area contributed by atoms with Crippen LogP contribution in [0.2, 0.25) is 0 Å². The van der Waals surface area contributed by atoms with E-state index in [0.29, 0.717) is 36.3 Å². The van der Waals surface area contributed by atoms with Gasteiger partial charge in [-0.3, -0.25) is 4.79 Å². The third-order valence-electron chi connectivity index (χ3n) is 4.81. The van der Waals surface area contributed by atoms with Crippen LogP contribution in [0.4, 0.5) is 5.82 Å². The zero-order valence-corrected chi connectivity index (χ0v) is 16.7. The van der Waals surface area contributed by atoms with Crippen molar-refractivity contribution in [1.29, 1.82) is 0 Å². The molecule has 1 aliphatic heterocycles. The van der Waals surface area contributed by atoms with Gasteiger partial charge in [-0.1, -0.05) is 26.0 Å². The van der Waals surface area contributed by atoms with E-state index in [1.165, 1.54) is 10.4 Å². The predicted molar refractivity (Wildman–Crippen MR) is 105 cm³/mol. The second-order valence-corrected chi connectivity index (χ2v) is 9.36. The lowest BCUT2D eigenvalue weighted by Gasteiger charge is -2.34. The smallest absolute Gasteiger partial charge is 0.256 e. The van der Waals surface area contributed by atoms with E-state index in [1.807, 2.05) is 13.0 Å². The molecule has 3 rings (SSSR count). The van der Waals surface area contributed by atoms with E-state index < -0.39 is 10.0 Å². The Morgan fingerprint density at radius 1 is 1.15 bits per heavy atom. The van der Waals surface area contributed by atoms with Gasteiger partial charge in [-0.15, -0.1) is 0 Å². The molecule has 1 fully saturated rings. The summed E-state index contributed by atoms with van der Waals surface area (Å²) in [7, 11) is -3.63. The molecule has 0 saturated carbocycles. The quantitative estimate of drug-likeness (QED) is 0.873. The molecular weight excluding hydrogens is 362 g/mol. The molecule has 2 aromatic rings. The molecule has 2 atom stereocenters. The van der Waals surface area contributed by atoms with Crippen molar-refractivity contribution in [2.24, 2.45) is 11.8 Å². The van der Waals surface area contributed by atoms with Crippen LogP contribution in [-0.2, 0) is 10.0 Å².